The molecule has 64 heavy (non-hydrogen) atoms. The molecule has 0 aliphatic heterocycles. The number of rotatable bonds is 11. The zero-order valence-corrected chi connectivity index (χ0v) is 36.0. The summed E-state index contributed by atoms with van der Waals surface area (Å²) < 4.78 is 2.38. The van der Waals surface area contributed by atoms with Crippen LogP contribution >= 0.6 is 10.0 Å². The molecule has 0 fully saturated rings. The Kier molecular flexibility index (Phi) is 10.3. The summed E-state index contributed by atoms with van der Waals surface area (Å²) in [6, 6.07) is 99.3. The Morgan fingerprint density at radius 3 is 1.11 bits per heavy atom. The van der Waals surface area contributed by atoms with Crippen molar-refractivity contribution in [2.24, 2.45) is 0 Å². The van der Waals surface area contributed by atoms with Crippen molar-refractivity contribution in [3.8, 4) is 5.69 Å². The molecular weight excluding hydrogens is 795 g/mol. The molecule has 0 atom stereocenters. The zero-order valence-electron chi connectivity index (χ0n) is 35.2. The first kappa shape index (κ1) is 38.8. The van der Waals surface area contributed by atoms with Gasteiger partial charge in [0.15, 0.2) is 0 Å². The van der Waals surface area contributed by atoms with Crippen LogP contribution in [0.3, 0.4) is 0 Å². The Hall–Kier alpha value is -8.05. The van der Waals surface area contributed by atoms with E-state index < -0.39 is 10.0 Å². The summed E-state index contributed by atoms with van der Waals surface area (Å²) in [6.07, 6.45) is 0. The van der Waals surface area contributed by atoms with Crippen molar-refractivity contribution >= 4 is 66.0 Å². The van der Waals surface area contributed by atoms with E-state index in [1.54, 1.807) is 0 Å². The third kappa shape index (κ3) is 6.91. The summed E-state index contributed by atoms with van der Waals surface area (Å²) in [5, 5.41) is 2.43. The first-order chi connectivity index (χ1) is 31.8. The number of hydrogen-bond acceptors (Lipinski definition) is 2. The van der Waals surface area contributed by atoms with Gasteiger partial charge in [-0.25, -0.2) is 0 Å². The molecule has 0 radical (unpaired) electrons. The highest BCUT2D eigenvalue weighted by Gasteiger charge is 2.34. The number of nitrogens with zero attached hydrogens (tertiary/aromatic N) is 3. The van der Waals surface area contributed by atoms with Gasteiger partial charge in [-0.3, -0.25) is 0 Å². The molecule has 0 saturated heterocycles. The lowest BCUT2D eigenvalue weighted by Gasteiger charge is -2.43. The average Bonchev–Trinajstić information content (AvgIpc) is 3.70. The lowest BCUT2D eigenvalue weighted by Crippen LogP contribution is -2.12. The van der Waals surface area contributed by atoms with Crippen molar-refractivity contribution in [1.82, 2.24) is 4.57 Å². The van der Waals surface area contributed by atoms with Crippen LogP contribution in [0.1, 0.15) is 0 Å². The number of hydrogen-bond donors (Lipinski definition) is 0. The third-order valence-electron chi connectivity index (χ3n) is 12.0. The van der Waals surface area contributed by atoms with Gasteiger partial charge in [-0.1, -0.05) is 140 Å². The number of benzene rings is 10. The van der Waals surface area contributed by atoms with E-state index in [1.165, 1.54) is 41.4 Å². The Balaban J connectivity index is 1.14. The van der Waals surface area contributed by atoms with Gasteiger partial charge in [0, 0.05) is 70.2 Å². The van der Waals surface area contributed by atoms with Crippen LogP contribution in [0.2, 0.25) is 0 Å². The monoisotopic (exact) mass is 839 g/mol. The highest BCUT2D eigenvalue weighted by atomic mass is 32.3. The first-order valence-corrected chi connectivity index (χ1v) is 23.4. The van der Waals surface area contributed by atoms with Gasteiger partial charge >= 0.3 is 0 Å². The van der Waals surface area contributed by atoms with Crippen LogP contribution in [-0.4, -0.2) is 4.57 Å². The van der Waals surface area contributed by atoms with Crippen LogP contribution in [0.15, 0.2) is 293 Å². The van der Waals surface area contributed by atoms with E-state index in [1.807, 2.05) is 0 Å². The molecule has 1 heterocycles. The van der Waals surface area contributed by atoms with E-state index in [0.717, 1.165) is 39.8 Å². The first-order valence-electron chi connectivity index (χ1n) is 21.8. The van der Waals surface area contributed by atoms with E-state index in [0.29, 0.717) is 0 Å². The van der Waals surface area contributed by atoms with Crippen molar-refractivity contribution in [2.45, 2.75) is 19.6 Å². The van der Waals surface area contributed by atoms with Crippen LogP contribution in [0, 0.1) is 0 Å². The molecule has 0 amide bonds. The van der Waals surface area contributed by atoms with Gasteiger partial charge in [0.2, 0.25) is 0 Å². The van der Waals surface area contributed by atoms with Crippen molar-refractivity contribution in [1.29, 1.82) is 0 Å². The van der Waals surface area contributed by atoms with Crippen molar-refractivity contribution in [3.63, 3.8) is 0 Å². The van der Waals surface area contributed by atoms with Crippen LogP contribution in [-0.2, 0) is 0 Å². The fraction of sp³-hybridized carbons (Fsp3) is 0. The van der Waals surface area contributed by atoms with Gasteiger partial charge in [-0.05, 0) is 133 Å². The normalized spacial score (nSPS) is 11.7. The standard InChI is InChI=1S/C60H45N3S/c1-7-23-46(24-8-1)61(47-25-9-2-10-26-47)50-31-21-37-55(43-50)64(53-33-15-5-16-34-53,54-35-17-6-18-36-54)56-38-22-32-51(44-56)62(48-27-11-3-12-28-48)52-41-42-60-58(45-52)57-39-19-20-40-59(57)63(60)49-29-13-4-14-30-49/h1-45H. The lowest BCUT2D eigenvalue weighted by molar-refractivity contribution is 1.18. The van der Waals surface area contributed by atoms with Gasteiger partial charge in [0.05, 0.1) is 11.0 Å². The number of fused-ring (bicyclic) bond motifs is 3. The van der Waals surface area contributed by atoms with Crippen LogP contribution < -0.4 is 9.80 Å². The largest absolute Gasteiger partial charge is 0.310 e. The molecule has 3 nitrogen and oxygen atoms in total. The maximum atomic E-state index is 2.44. The SMILES string of the molecule is c1ccc(N(c2ccccc2)c2cccc(S(c3ccccc3)(c3ccccc3)c3cccc(N(c4ccccc4)c4ccc5c(c4)c4ccccc4n5-c4ccccc4)c3)c2)cc1. The second kappa shape index (κ2) is 17.0. The summed E-state index contributed by atoms with van der Waals surface area (Å²) in [6.45, 7) is 0. The zero-order chi connectivity index (χ0) is 42.7. The van der Waals surface area contributed by atoms with Crippen molar-refractivity contribution < 1.29 is 0 Å². The summed E-state index contributed by atoms with van der Waals surface area (Å²) in [4.78, 5) is 9.81. The van der Waals surface area contributed by atoms with Crippen molar-refractivity contribution in [2.75, 3.05) is 9.80 Å². The Bertz CT molecular complexity index is 3240. The highest BCUT2D eigenvalue weighted by molar-refractivity contribution is 8.34. The minimum absolute atomic E-state index is 1.09. The molecule has 0 spiro atoms. The van der Waals surface area contributed by atoms with Gasteiger partial charge < -0.3 is 14.4 Å². The molecule has 4 heteroatoms. The topological polar surface area (TPSA) is 11.4 Å². The van der Waals surface area contributed by atoms with Crippen LogP contribution in [0.5, 0.6) is 0 Å². The Labute approximate surface area is 376 Å². The number of aromatic nitrogens is 1. The summed E-state index contributed by atoms with van der Waals surface area (Å²) >= 11 is 0. The minimum Gasteiger partial charge on any atom is -0.310 e. The van der Waals surface area contributed by atoms with Gasteiger partial charge in [0.1, 0.15) is 0 Å². The Morgan fingerprint density at radius 2 is 0.609 bits per heavy atom. The maximum absolute atomic E-state index is 2.44. The van der Waals surface area contributed by atoms with E-state index in [2.05, 4.69) is 287 Å². The molecule has 0 N–H and O–H groups in total. The maximum Gasteiger partial charge on any atom is 0.0542 e. The minimum atomic E-state index is -2.10. The molecule has 0 unspecified atom stereocenters. The molecule has 0 saturated carbocycles. The number of anilines is 6. The molecule has 10 aromatic carbocycles. The predicted octanol–water partition coefficient (Wildman–Crippen LogP) is 17.1. The molecule has 306 valence electrons. The molecule has 11 rings (SSSR count). The van der Waals surface area contributed by atoms with E-state index >= 15 is 0 Å². The quantitative estimate of drug-likeness (QED) is 0.129. The molecule has 0 aliphatic carbocycles. The second-order valence-corrected chi connectivity index (χ2v) is 18.9. The van der Waals surface area contributed by atoms with E-state index in [-0.39, 0.29) is 0 Å². The number of para-hydroxylation sites is 5. The lowest BCUT2D eigenvalue weighted by atomic mass is 10.1. The Morgan fingerprint density at radius 1 is 0.250 bits per heavy atom. The molecule has 0 bridgehead atoms. The molecule has 0 aliphatic rings. The fourth-order valence-corrected chi connectivity index (χ4v) is 13.2. The summed E-state index contributed by atoms with van der Waals surface area (Å²) in [5.41, 5.74) is 10.1. The smallest absolute Gasteiger partial charge is 0.0542 e. The van der Waals surface area contributed by atoms with E-state index in [9.17, 15) is 0 Å². The second-order valence-electron chi connectivity index (χ2n) is 15.8. The third-order valence-corrected chi connectivity index (χ3v) is 15.9. The van der Waals surface area contributed by atoms with Gasteiger partial charge in [-0.2, -0.15) is 0 Å². The molecular formula is C60H45N3S. The van der Waals surface area contributed by atoms with Crippen molar-refractivity contribution in [3.05, 3.63) is 273 Å². The van der Waals surface area contributed by atoms with Gasteiger partial charge in [-0.15, -0.1) is 10.0 Å². The van der Waals surface area contributed by atoms with Crippen LogP contribution in [0.4, 0.5) is 34.1 Å². The highest BCUT2D eigenvalue weighted by Crippen LogP contribution is 2.74. The van der Waals surface area contributed by atoms with Gasteiger partial charge in [0.25, 0.3) is 0 Å². The fourth-order valence-electron chi connectivity index (χ4n) is 9.27. The molecule has 11 aromatic rings. The molecule has 1 aromatic heterocycles. The van der Waals surface area contributed by atoms with Crippen LogP contribution in [0.25, 0.3) is 27.5 Å². The van der Waals surface area contributed by atoms with E-state index in [4.69, 9.17) is 0 Å². The summed E-state index contributed by atoms with van der Waals surface area (Å²) in [7, 11) is -2.10. The summed E-state index contributed by atoms with van der Waals surface area (Å²) in [5.74, 6) is 0. The average molecular weight is 840 g/mol. The predicted molar refractivity (Wildman–Crippen MR) is 270 cm³/mol.